The molecule has 0 saturated carbocycles. The molecule has 22 heavy (non-hydrogen) atoms. The van der Waals surface area contributed by atoms with Gasteiger partial charge in [-0.2, -0.15) is 0 Å². The molecule has 0 aliphatic heterocycles. The van der Waals surface area contributed by atoms with Crippen LogP contribution in [0.1, 0.15) is 21.5 Å². The summed E-state index contributed by atoms with van der Waals surface area (Å²) < 4.78 is 5.11. The number of aliphatic hydroxyl groups excluding tert-OH is 1. The zero-order valence-corrected chi connectivity index (χ0v) is 12.3. The zero-order chi connectivity index (χ0) is 15.9. The highest BCUT2D eigenvalue weighted by Crippen LogP contribution is 2.24. The summed E-state index contributed by atoms with van der Waals surface area (Å²) in [5.74, 6) is -0.685. The smallest absolute Gasteiger partial charge is 0.339 e. The first-order chi connectivity index (χ1) is 10.7. The van der Waals surface area contributed by atoms with Gasteiger partial charge in [-0.3, -0.25) is 0 Å². The van der Waals surface area contributed by atoms with E-state index in [2.05, 4.69) is 0 Å². The fourth-order valence-electron chi connectivity index (χ4n) is 2.32. The highest BCUT2D eigenvalue weighted by molar-refractivity contribution is 5.92. The molecule has 0 amide bonds. The van der Waals surface area contributed by atoms with Crippen molar-refractivity contribution in [1.82, 2.24) is 0 Å². The Labute approximate surface area is 129 Å². The molecular formula is C18H18O4. The Morgan fingerprint density at radius 2 is 1.86 bits per heavy atom. The van der Waals surface area contributed by atoms with E-state index in [1.165, 1.54) is 7.11 Å². The number of allylic oxidation sites excluding steroid dienone is 1. The average molecular weight is 298 g/mol. The Hall–Kier alpha value is -2.59. The number of ether oxygens (including phenoxy) is 1. The molecule has 0 aromatic heterocycles. The van der Waals surface area contributed by atoms with Crippen molar-refractivity contribution < 1.29 is 19.7 Å². The molecule has 0 saturated heterocycles. The number of rotatable bonds is 6. The van der Waals surface area contributed by atoms with Crippen molar-refractivity contribution >= 4 is 11.5 Å². The lowest BCUT2D eigenvalue weighted by Gasteiger charge is -2.10. The van der Waals surface area contributed by atoms with E-state index in [9.17, 15) is 15.0 Å². The van der Waals surface area contributed by atoms with Gasteiger partial charge in [-0.15, -0.1) is 0 Å². The normalized spacial score (nSPS) is 11.3. The van der Waals surface area contributed by atoms with Crippen LogP contribution in [0.15, 0.2) is 54.6 Å². The van der Waals surface area contributed by atoms with Gasteiger partial charge in [-0.05, 0) is 29.2 Å². The van der Waals surface area contributed by atoms with Gasteiger partial charge >= 0.3 is 5.97 Å². The van der Waals surface area contributed by atoms with Crippen LogP contribution >= 0.6 is 0 Å². The van der Waals surface area contributed by atoms with Gasteiger partial charge in [0.25, 0.3) is 0 Å². The Morgan fingerprint density at radius 3 is 2.45 bits per heavy atom. The Balaban J connectivity index is 2.34. The van der Waals surface area contributed by atoms with Crippen LogP contribution < -0.4 is 4.74 Å². The molecule has 2 rings (SSSR count). The molecule has 0 atom stereocenters. The number of carboxylic acids is 1. The number of hydrogen-bond acceptors (Lipinski definition) is 3. The minimum Gasteiger partial charge on any atom is -0.496 e. The summed E-state index contributed by atoms with van der Waals surface area (Å²) in [6.45, 7) is -0.101. The van der Waals surface area contributed by atoms with Crippen molar-refractivity contribution in [3.8, 4) is 5.75 Å². The molecule has 2 aromatic rings. The van der Waals surface area contributed by atoms with Gasteiger partial charge in [-0.1, -0.05) is 48.5 Å². The highest BCUT2D eigenvalue weighted by atomic mass is 16.5. The van der Waals surface area contributed by atoms with Crippen LogP contribution in [0.25, 0.3) is 5.57 Å². The quantitative estimate of drug-likeness (QED) is 0.860. The second-order valence-electron chi connectivity index (χ2n) is 4.76. The summed E-state index contributed by atoms with van der Waals surface area (Å²) in [5, 5.41) is 18.9. The third-order valence-corrected chi connectivity index (χ3v) is 3.43. The van der Waals surface area contributed by atoms with Crippen LogP contribution in [-0.2, 0) is 6.42 Å². The van der Waals surface area contributed by atoms with Crippen LogP contribution in [0.3, 0.4) is 0 Å². The first kappa shape index (κ1) is 15.8. The van der Waals surface area contributed by atoms with Gasteiger partial charge in [0.2, 0.25) is 0 Å². The maximum atomic E-state index is 11.4. The van der Waals surface area contributed by atoms with Crippen molar-refractivity contribution in [2.24, 2.45) is 0 Å². The van der Waals surface area contributed by atoms with E-state index in [1.807, 2.05) is 36.4 Å². The summed E-state index contributed by atoms with van der Waals surface area (Å²) in [6, 6.07) is 14.7. The summed E-state index contributed by atoms with van der Waals surface area (Å²) in [4.78, 5) is 11.4. The summed E-state index contributed by atoms with van der Waals surface area (Å²) >= 11 is 0. The lowest BCUT2D eigenvalue weighted by Crippen LogP contribution is -2.05. The highest BCUT2D eigenvalue weighted by Gasteiger charge is 2.15. The van der Waals surface area contributed by atoms with Gasteiger partial charge in [0, 0.05) is 0 Å². The first-order valence-corrected chi connectivity index (χ1v) is 6.92. The third-order valence-electron chi connectivity index (χ3n) is 3.43. The van der Waals surface area contributed by atoms with Gasteiger partial charge < -0.3 is 14.9 Å². The molecule has 0 bridgehead atoms. The number of benzene rings is 2. The predicted molar refractivity (Wildman–Crippen MR) is 85.2 cm³/mol. The molecule has 0 fully saturated rings. The van der Waals surface area contributed by atoms with E-state index in [4.69, 9.17) is 4.74 Å². The minimum absolute atomic E-state index is 0.101. The lowest BCUT2D eigenvalue weighted by molar-refractivity contribution is 0.0692. The van der Waals surface area contributed by atoms with Crippen LogP contribution in [-0.4, -0.2) is 29.9 Å². The van der Waals surface area contributed by atoms with E-state index in [0.29, 0.717) is 17.7 Å². The van der Waals surface area contributed by atoms with Crippen molar-refractivity contribution in [3.05, 3.63) is 71.3 Å². The van der Waals surface area contributed by atoms with Gasteiger partial charge in [-0.25, -0.2) is 4.79 Å². The van der Waals surface area contributed by atoms with Crippen LogP contribution in [0, 0.1) is 0 Å². The molecule has 0 aliphatic carbocycles. The molecule has 0 heterocycles. The fourth-order valence-corrected chi connectivity index (χ4v) is 2.32. The number of carboxylic acid groups (broad SMARTS) is 1. The topological polar surface area (TPSA) is 66.8 Å². The molecular weight excluding hydrogens is 280 g/mol. The number of aromatic carboxylic acids is 1. The van der Waals surface area contributed by atoms with Crippen molar-refractivity contribution in [3.63, 3.8) is 0 Å². The van der Waals surface area contributed by atoms with Gasteiger partial charge in [0.15, 0.2) is 0 Å². The maximum Gasteiger partial charge on any atom is 0.339 e. The molecule has 0 radical (unpaired) electrons. The zero-order valence-electron chi connectivity index (χ0n) is 12.3. The van der Waals surface area contributed by atoms with Crippen LogP contribution in [0.5, 0.6) is 5.75 Å². The average Bonchev–Trinajstić information content (AvgIpc) is 2.55. The molecule has 0 unspecified atom stereocenters. The SMILES string of the molecule is COc1cccc(C/C=C(\CO)c2ccccc2)c1C(=O)O. The molecule has 0 spiro atoms. The third kappa shape index (κ3) is 3.54. The largest absolute Gasteiger partial charge is 0.496 e. The van der Waals surface area contributed by atoms with Crippen molar-refractivity contribution in [1.29, 1.82) is 0 Å². The fraction of sp³-hybridized carbons (Fsp3) is 0.167. The second kappa shape index (κ2) is 7.43. The van der Waals surface area contributed by atoms with E-state index in [-0.39, 0.29) is 12.2 Å². The first-order valence-electron chi connectivity index (χ1n) is 6.92. The molecule has 2 aromatic carbocycles. The molecule has 2 N–H and O–H groups in total. The van der Waals surface area contributed by atoms with Gasteiger partial charge in [0.05, 0.1) is 13.7 Å². The van der Waals surface area contributed by atoms with Crippen LogP contribution in [0.4, 0.5) is 0 Å². The van der Waals surface area contributed by atoms with Crippen LogP contribution in [0.2, 0.25) is 0 Å². The van der Waals surface area contributed by atoms with E-state index in [1.54, 1.807) is 18.2 Å². The van der Waals surface area contributed by atoms with E-state index >= 15 is 0 Å². The van der Waals surface area contributed by atoms with Crippen molar-refractivity contribution in [2.45, 2.75) is 6.42 Å². The number of methoxy groups -OCH3 is 1. The number of hydrogen-bond donors (Lipinski definition) is 2. The standard InChI is InChI=1S/C18H18O4/c1-22-16-9-5-8-14(17(16)18(20)21)10-11-15(12-19)13-6-3-2-4-7-13/h2-9,11,19H,10,12H2,1H3,(H,20,21)/b15-11+. The second-order valence-corrected chi connectivity index (χ2v) is 4.76. The summed E-state index contributed by atoms with van der Waals surface area (Å²) in [5.41, 5.74) is 2.49. The number of carbonyl (C=O) groups is 1. The summed E-state index contributed by atoms with van der Waals surface area (Å²) in [7, 11) is 1.45. The monoisotopic (exact) mass is 298 g/mol. The van der Waals surface area contributed by atoms with Gasteiger partial charge in [0.1, 0.15) is 11.3 Å². The Kier molecular flexibility index (Phi) is 5.33. The predicted octanol–water partition coefficient (Wildman–Crippen LogP) is 3.01. The summed E-state index contributed by atoms with van der Waals surface area (Å²) in [6.07, 6.45) is 2.25. The number of aliphatic hydroxyl groups is 1. The maximum absolute atomic E-state index is 11.4. The molecule has 4 heteroatoms. The molecule has 0 aliphatic rings. The molecule has 114 valence electrons. The van der Waals surface area contributed by atoms with E-state index < -0.39 is 5.97 Å². The minimum atomic E-state index is -1.02. The Bertz CT molecular complexity index is 675. The van der Waals surface area contributed by atoms with Crippen molar-refractivity contribution in [2.75, 3.05) is 13.7 Å². The van der Waals surface area contributed by atoms with E-state index in [0.717, 1.165) is 11.1 Å². The molecule has 4 nitrogen and oxygen atoms in total. The Morgan fingerprint density at radius 1 is 1.14 bits per heavy atom. The lowest BCUT2D eigenvalue weighted by atomic mass is 9.99.